The Morgan fingerprint density at radius 3 is 2.26 bits per heavy atom. The van der Waals surface area contributed by atoms with Gasteiger partial charge in [-0.2, -0.15) is 13.2 Å². The number of hydrogen-bond acceptors (Lipinski definition) is 4. The summed E-state index contributed by atoms with van der Waals surface area (Å²) in [5.41, 5.74) is 5.02. The monoisotopic (exact) mass is 276 g/mol. The van der Waals surface area contributed by atoms with Crippen LogP contribution in [0, 0.1) is 5.41 Å². The van der Waals surface area contributed by atoms with Crippen molar-refractivity contribution in [2.75, 3.05) is 11.9 Å². The van der Waals surface area contributed by atoms with Crippen molar-refractivity contribution in [1.82, 2.24) is 10.2 Å². The minimum absolute atomic E-state index is 0.0934. The fourth-order valence-electron chi connectivity index (χ4n) is 1.67. The molecule has 19 heavy (non-hydrogen) atoms. The zero-order valence-corrected chi connectivity index (χ0v) is 11.3. The van der Waals surface area contributed by atoms with Crippen LogP contribution in [0.5, 0.6) is 0 Å². The van der Waals surface area contributed by atoms with Crippen LogP contribution in [0.1, 0.15) is 32.9 Å². The molecule has 1 aromatic heterocycles. The second kappa shape index (κ2) is 5.73. The van der Waals surface area contributed by atoms with Gasteiger partial charge in [-0.05, 0) is 24.0 Å². The molecule has 1 unspecified atom stereocenters. The third-order valence-electron chi connectivity index (χ3n) is 2.37. The average Bonchev–Trinajstić information content (AvgIpc) is 2.23. The molecular formula is C12H19F3N4. The van der Waals surface area contributed by atoms with Crippen LogP contribution in [0.3, 0.4) is 0 Å². The van der Waals surface area contributed by atoms with Crippen molar-refractivity contribution >= 4 is 5.82 Å². The lowest BCUT2D eigenvalue weighted by Crippen LogP contribution is -2.33. The molecule has 1 aromatic rings. The standard InChI is InChI=1S/C12H19F3N4/c1-11(2,3)6-8(16)7-17-10-5-4-9(18-19-10)12(13,14)15/h4-5,8H,6-7,16H2,1-3H3,(H,17,19). The van der Waals surface area contributed by atoms with Gasteiger partial charge in [0.2, 0.25) is 0 Å². The summed E-state index contributed by atoms with van der Waals surface area (Å²) in [6.07, 6.45) is -3.66. The molecule has 1 heterocycles. The van der Waals surface area contributed by atoms with E-state index in [2.05, 4.69) is 36.3 Å². The van der Waals surface area contributed by atoms with Crippen LogP contribution in [0.25, 0.3) is 0 Å². The van der Waals surface area contributed by atoms with Crippen LogP contribution in [0.15, 0.2) is 12.1 Å². The lowest BCUT2D eigenvalue weighted by atomic mass is 9.88. The summed E-state index contributed by atoms with van der Waals surface area (Å²) in [4.78, 5) is 0. The molecule has 0 aliphatic rings. The lowest BCUT2D eigenvalue weighted by Gasteiger charge is -2.23. The van der Waals surface area contributed by atoms with Crippen LogP contribution < -0.4 is 11.1 Å². The highest BCUT2D eigenvalue weighted by molar-refractivity contribution is 5.33. The molecule has 0 saturated carbocycles. The SMILES string of the molecule is CC(C)(C)CC(N)CNc1ccc(C(F)(F)F)nn1. The molecule has 0 aliphatic heterocycles. The first-order valence-corrected chi connectivity index (χ1v) is 5.98. The van der Waals surface area contributed by atoms with E-state index in [-0.39, 0.29) is 17.3 Å². The van der Waals surface area contributed by atoms with E-state index < -0.39 is 11.9 Å². The molecule has 0 aromatic carbocycles. The van der Waals surface area contributed by atoms with Gasteiger partial charge in [-0.3, -0.25) is 0 Å². The van der Waals surface area contributed by atoms with E-state index in [1.165, 1.54) is 6.07 Å². The summed E-state index contributed by atoms with van der Waals surface area (Å²) in [6.45, 7) is 6.66. The Kier molecular flexibility index (Phi) is 4.73. The molecule has 4 nitrogen and oxygen atoms in total. The Bertz CT molecular complexity index is 395. The molecule has 108 valence electrons. The van der Waals surface area contributed by atoms with Gasteiger partial charge in [0, 0.05) is 12.6 Å². The summed E-state index contributed by atoms with van der Waals surface area (Å²) in [5, 5.41) is 9.48. The van der Waals surface area contributed by atoms with Crippen molar-refractivity contribution < 1.29 is 13.2 Å². The molecule has 1 atom stereocenters. The fourth-order valence-corrected chi connectivity index (χ4v) is 1.67. The normalized spacial score (nSPS) is 14.3. The van der Waals surface area contributed by atoms with Gasteiger partial charge < -0.3 is 11.1 Å². The molecule has 0 radical (unpaired) electrons. The van der Waals surface area contributed by atoms with Crippen molar-refractivity contribution in [2.24, 2.45) is 11.1 Å². The van der Waals surface area contributed by atoms with Crippen molar-refractivity contribution in [1.29, 1.82) is 0 Å². The molecule has 7 heteroatoms. The quantitative estimate of drug-likeness (QED) is 0.887. The van der Waals surface area contributed by atoms with E-state index >= 15 is 0 Å². The minimum Gasteiger partial charge on any atom is -0.367 e. The molecule has 1 rings (SSSR count). The van der Waals surface area contributed by atoms with Gasteiger partial charge in [0.1, 0.15) is 5.82 Å². The van der Waals surface area contributed by atoms with Crippen molar-refractivity contribution in [3.05, 3.63) is 17.8 Å². The third-order valence-corrected chi connectivity index (χ3v) is 2.37. The highest BCUT2D eigenvalue weighted by Crippen LogP contribution is 2.27. The maximum atomic E-state index is 12.3. The molecular weight excluding hydrogens is 257 g/mol. The Balaban J connectivity index is 2.51. The van der Waals surface area contributed by atoms with Crippen molar-refractivity contribution in [3.63, 3.8) is 0 Å². The van der Waals surface area contributed by atoms with Crippen LogP contribution in [0.2, 0.25) is 0 Å². The molecule has 3 N–H and O–H groups in total. The molecule has 0 spiro atoms. The predicted molar refractivity (Wildman–Crippen MR) is 67.6 cm³/mol. The van der Waals surface area contributed by atoms with Crippen LogP contribution in [-0.2, 0) is 6.18 Å². The first kappa shape index (κ1) is 15.7. The molecule has 0 saturated heterocycles. The van der Waals surface area contributed by atoms with Crippen molar-refractivity contribution in [2.45, 2.75) is 39.4 Å². The first-order valence-electron chi connectivity index (χ1n) is 5.98. The summed E-state index contributed by atoms with van der Waals surface area (Å²) in [5.74, 6) is 0.289. The van der Waals surface area contributed by atoms with Gasteiger partial charge in [-0.15, -0.1) is 10.2 Å². The molecule has 0 amide bonds. The zero-order chi connectivity index (χ0) is 14.7. The zero-order valence-electron chi connectivity index (χ0n) is 11.3. The number of anilines is 1. The second-order valence-electron chi connectivity index (χ2n) is 5.71. The van der Waals surface area contributed by atoms with Crippen molar-refractivity contribution in [3.8, 4) is 0 Å². The number of alkyl halides is 3. The van der Waals surface area contributed by atoms with E-state index in [4.69, 9.17) is 5.73 Å². The fraction of sp³-hybridized carbons (Fsp3) is 0.667. The summed E-state index contributed by atoms with van der Waals surface area (Å²) in [7, 11) is 0. The molecule has 0 aliphatic carbocycles. The number of aromatic nitrogens is 2. The van der Waals surface area contributed by atoms with E-state index in [9.17, 15) is 13.2 Å². The Hall–Kier alpha value is -1.37. The number of halogens is 3. The van der Waals surface area contributed by atoms with E-state index in [1.807, 2.05) is 0 Å². The predicted octanol–water partition coefficient (Wildman–Crippen LogP) is 2.67. The number of nitrogens with one attached hydrogen (secondary N) is 1. The van der Waals surface area contributed by atoms with Crippen LogP contribution in [0.4, 0.5) is 19.0 Å². The Labute approximate surface area is 110 Å². The summed E-state index contributed by atoms with van der Waals surface area (Å²) >= 11 is 0. The maximum Gasteiger partial charge on any atom is 0.435 e. The van der Waals surface area contributed by atoms with E-state index in [0.717, 1.165) is 12.5 Å². The van der Waals surface area contributed by atoms with Crippen LogP contribution in [-0.4, -0.2) is 22.8 Å². The van der Waals surface area contributed by atoms with Gasteiger partial charge in [-0.25, -0.2) is 0 Å². The Morgan fingerprint density at radius 2 is 1.84 bits per heavy atom. The average molecular weight is 276 g/mol. The summed E-state index contributed by atoms with van der Waals surface area (Å²) in [6, 6.07) is 2.05. The van der Waals surface area contributed by atoms with E-state index in [0.29, 0.717) is 6.54 Å². The minimum atomic E-state index is -4.46. The number of nitrogens with zero attached hydrogens (tertiary/aromatic N) is 2. The first-order chi connectivity index (χ1) is 8.58. The molecule has 0 bridgehead atoms. The topological polar surface area (TPSA) is 63.8 Å². The highest BCUT2D eigenvalue weighted by Gasteiger charge is 2.32. The van der Waals surface area contributed by atoms with Crippen LogP contribution >= 0.6 is 0 Å². The number of rotatable bonds is 4. The van der Waals surface area contributed by atoms with Gasteiger partial charge in [0.25, 0.3) is 0 Å². The second-order valence-corrected chi connectivity index (χ2v) is 5.71. The lowest BCUT2D eigenvalue weighted by molar-refractivity contribution is -0.141. The number of nitrogens with two attached hydrogens (primary N) is 1. The third kappa shape index (κ3) is 5.87. The summed E-state index contributed by atoms with van der Waals surface area (Å²) < 4.78 is 36.8. The smallest absolute Gasteiger partial charge is 0.367 e. The maximum absolute atomic E-state index is 12.3. The molecule has 0 fully saturated rings. The van der Waals surface area contributed by atoms with Gasteiger partial charge >= 0.3 is 6.18 Å². The largest absolute Gasteiger partial charge is 0.435 e. The Morgan fingerprint density at radius 1 is 1.21 bits per heavy atom. The number of hydrogen-bond donors (Lipinski definition) is 2. The highest BCUT2D eigenvalue weighted by atomic mass is 19.4. The van der Waals surface area contributed by atoms with Gasteiger partial charge in [0.05, 0.1) is 0 Å². The van der Waals surface area contributed by atoms with Gasteiger partial charge in [-0.1, -0.05) is 20.8 Å². The van der Waals surface area contributed by atoms with Gasteiger partial charge in [0.15, 0.2) is 5.69 Å². The van der Waals surface area contributed by atoms with E-state index in [1.54, 1.807) is 0 Å².